The standard InChI is InChI=1S/C15H28N2O/c1-12(14-6-9-18-11-14)17(15-2-3-15)10-13-4-7-16-8-5-13/h12-16H,2-11H2,1H3. The lowest BCUT2D eigenvalue weighted by Crippen LogP contribution is -2.45. The van der Waals surface area contributed by atoms with Crippen molar-refractivity contribution in [3.05, 3.63) is 0 Å². The Bertz CT molecular complexity index is 255. The summed E-state index contributed by atoms with van der Waals surface area (Å²) in [7, 11) is 0. The van der Waals surface area contributed by atoms with Gasteiger partial charge in [0.2, 0.25) is 0 Å². The second-order valence-corrected chi connectivity index (χ2v) is 6.49. The smallest absolute Gasteiger partial charge is 0.0509 e. The first kappa shape index (κ1) is 12.9. The Morgan fingerprint density at radius 2 is 1.94 bits per heavy atom. The average Bonchev–Trinajstić information content (AvgIpc) is 3.10. The molecule has 3 rings (SSSR count). The van der Waals surface area contributed by atoms with E-state index in [4.69, 9.17) is 4.74 Å². The van der Waals surface area contributed by atoms with E-state index in [2.05, 4.69) is 17.1 Å². The minimum atomic E-state index is 0.731. The number of piperidine rings is 1. The van der Waals surface area contributed by atoms with Crippen LogP contribution in [0.2, 0.25) is 0 Å². The van der Waals surface area contributed by atoms with Crippen LogP contribution in [0.3, 0.4) is 0 Å². The molecule has 2 atom stereocenters. The van der Waals surface area contributed by atoms with Crippen LogP contribution in [-0.2, 0) is 4.74 Å². The quantitative estimate of drug-likeness (QED) is 0.808. The summed E-state index contributed by atoms with van der Waals surface area (Å²) >= 11 is 0. The Kier molecular flexibility index (Phi) is 4.22. The van der Waals surface area contributed by atoms with E-state index in [9.17, 15) is 0 Å². The molecule has 3 aliphatic rings. The fourth-order valence-electron chi connectivity index (χ4n) is 3.62. The van der Waals surface area contributed by atoms with Crippen LogP contribution < -0.4 is 5.32 Å². The molecule has 0 amide bonds. The summed E-state index contributed by atoms with van der Waals surface area (Å²) in [4.78, 5) is 2.83. The van der Waals surface area contributed by atoms with Gasteiger partial charge in [-0.3, -0.25) is 4.90 Å². The topological polar surface area (TPSA) is 24.5 Å². The lowest BCUT2D eigenvalue weighted by atomic mass is 9.94. The highest BCUT2D eigenvalue weighted by Crippen LogP contribution is 2.34. The largest absolute Gasteiger partial charge is 0.381 e. The van der Waals surface area contributed by atoms with Crippen molar-refractivity contribution in [2.75, 3.05) is 32.8 Å². The van der Waals surface area contributed by atoms with Crippen molar-refractivity contribution in [3.8, 4) is 0 Å². The predicted molar refractivity (Wildman–Crippen MR) is 73.7 cm³/mol. The van der Waals surface area contributed by atoms with Crippen LogP contribution in [0.15, 0.2) is 0 Å². The van der Waals surface area contributed by atoms with E-state index >= 15 is 0 Å². The molecule has 2 heterocycles. The molecule has 1 saturated carbocycles. The third-order valence-corrected chi connectivity index (χ3v) is 5.11. The zero-order valence-corrected chi connectivity index (χ0v) is 11.7. The zero-order chi connectivity index (χ0) is 12.4. The Labute approximate surface area is 111 Å². The maximum absolute atomic E-state index is 5.58. The summed E-state index contributed by atoms with van der Waals surface area (Å²) in [6.45, 7) is 8.22. The van der Waals surface area contributed by atoms with Gasteiger partial charge in [0.1, 0.15) is 0 Å². The molecule has 0 spiro atoms. The number of nitrogens with zero attached hydrogens (tertiary/aromatic N) is 1. The normalized spacial score (nSPS) is 32.0. The van der Waals surface area contributed by atoms with Crippen molar-refractivity contribution >= 4 is 0 Å². The molecule has 3 fully saturated rings. The summed E-state index contributed by atoms with van der Waals surface area (Å²) in [5, 5.41) is 3.48. The van der Waals surface area contributed by atoms with Gasteiger partial charge in [0.25, 0.3) is 0 Å². The van der Waals surface area contributed by atoms with Crippen molar-refractivity contribution < 1.29 is 4.74 Å². The Hall–Kier alpha value is -0.120. The summed E-state index contributed by atoms with van der Waals surface area (Å²) < 4.78 is 5.58. The third-order valence-electron chi connectivity index (χ3n) is 5.11. The first-order valence-electron chi connectivity index (χ1n) is 7.89. The molecule has 1 N–H and O–H groups in total. The molecule has 2 saturated heterocycles. The molecule has 104 valence electrons. The van der Waals surface area contributed by atoms with E-state index in [1.807, 2.05) is 0 Å². The molecule has 18 heavy (non-hydrogen) atoms. The molecule has 1 aliphatic carbocycles. The minimum absolute atomic E-state index is 0.731. The van der Waals surface area contributed by atoms with E-state index in [0.29, 0.717) is 0 Å². The van der Waals surface area contributed by atoms with Gasteiger partial charge in [-0.15, -0.1) is 0 Å². The van der Waals surface area contributed by atoms with Crippen molar-refractivity contribution in [2.45, 2.75) is 51.1 Å². The highest BCUT2D eigenvalue weighted by molar-refractivity contribution is 4.92. The first-order valence-corrected chi connectivity index (χ1v) is 7.89. The summed E-state index contributed by atoms with van der Waals surface area (Å²) in [5.74, 6) is 1.71. The molecule has 0 aromatic rings. The maximum atomic E-state index is 5.58. The van der Waals surface area contributed by atoms with Gasteiger partial charge in [0, 0.05) is 25.2 Å². The van der Waals surface area contributed by atoms with Gasteiger partial charge in [-0.1, -0.05) is 0 Å². The zero-order valence-electron chi connectivity index (χ0n) is 11.7. The minimum Gasteiger partial charge on any atom is -0.381 e. The van der Waals surface area contributed by atoms with Crippen molar-refractivity contribution in [3.63, 3.8) is 0 Å². The van der Waals surface area contributed by atoms with Gasteiger partial charge in [0.05, 0.1) is 6.61 Å². The van der Waals surface area contributed by atoms with Crippen LogP contribution in [0.5, 0.6) is 0 Å². The lowest BCUT2D eigenvalue weighted by Gasteiger charge is -2.36. The van der Waals surface area contributed by atoms with Crippen molar-refractivity contribution in [1.29, 1.82) is 0 Å². The SMILES string of the molecule is CC(C1CCOC1)N(CC1CCNCC1)C1CC1. The molecular formula is C15H28N2O. The molecule has 3 heteroatoms. The van der Waals surface area contributed by atoms with Gasteiger partial charge in [-0.25, -0.2) is 0 Å². The molecule has 0 aromatic carbocycles. The van der Waals surface area contributed by atoms with Gasteiger partial charge in [-0.05, 0) is 64.0 Å². The van der Waals surface area contributed by atoms with Gasteiger partial charge >= 0.3 is 0 Å². The van der Waals surface area contributed by atoms with E-state index in [1.54, 1.807) is 0 Å². The lowest BCUT2D eigenvalue weighted by molar-refractivity contribution is 0.0996. The highest BCUT2D eigenvalue weighted by Gasteiger charge is 2.37. The van der Waals surface area contributed by atoms with Gasteiger partial charge in [-0.2, -0.15) is 0 Å². The average molecular weight is 252 g/mol. The second-order valence-electron chi connectivity index (χ2n) is 6.49. The Balaban J connectivity index is 1.56. The molecule has 0 bridgehead atoms. The van der Waals surface area contributed by atoms with Crippen LogP contribution >= 0.6 is 0 Å². The number of hydrogen-bond donors (Lipinski definition) is 1. The molecule has 2 aliphatic heterocycles. The van der Waals surface area contributed by atoms with Crippen LogP contribution in [0.25, 0.3) is 0 Å². The summed E-state index contributed by atoms with van der Waals surface area (Å²) in [6.07, 6.45) is 6.89. The first-order chi connectivity index (χ1) is 8.84. The molecule has 2 unspecified atom stereocenters. The summed E-state index contributed by atoms with van der Waals surface area (Å²) in [6, 6.07) is 1.63. The number of hydrogen-bond acceptors (Lipinski definition) is 3. The van der Waals surface area contributed by atoms with Gasteiger partial charge < -0.3 is 10.1 Å². The molecular weight excluding hydrogens is 224 g/mol. The second kappa shape index (κ2) is 5.89. The number of nitrogens with one attached hydrogen (secondary N) is 1. The number of rotatable bonds is 5. The fraction of sp³-hybridized carbons (Fsp3) is 1.00. The number of ether oxygens (including phenoxy) is 1. The Morgan fingerprint density at radius 3 is 2.56 bits per heavy atom. The van der Waals surface area contributed by atoms with Crippen LogP contribution in [-0.4, -0.2) is 49.8 Å². The molecule has 3 nitrogen and oxygen atoms in total. The van der Waals surface area contributed by atoms with Crippen LogP contribution in [0.4, 0.5) is 0 Å². The summed E-state index contributed by atoms with van der Waals surface area (Å²) in [5.41, 5.74) is 0. The fourth-order valence-corrected chi connectivity index (χ4v) is 3.62. The van der Waals surface area contributed by atoms with E-state index < -0.39 is 0 Å². The Morgan fingerprint density at radius 1 is 1.17 bits per heavy atom. The van der Waals surface area contributed by atoms with Crippen LogP contribution in [0.1, 0.15) is 39.0 Å². The molecule has 0 aromatic heterocycles. The van der Waals surface area contributed by atoms with E-state index in [1.165, 1.54) is 51.7 Å². The third kappa shape index (κ3) is 3.06. The molecule has 0 radical (unpaired) electrons. The van der Waals surface area contributed by atoms with E-state index in [0.717, 1.165) is 37.1 Å². The van der Waals surface area contributed by atoms with Crippen LogP contribution in [0, 0.1) is 11.8 Å². The monoisotopic (exact) mass is 252 g/mol. The maximum Gasteiger partial charge on any atom is 0.0509 e. The van der Waals surface area contributed by atoms with Gasteiger partial charge in [0.15, 0.2) is 0 Å². The van der Waals surface area contributed by atoms with E-state index in [-0.39, 0.29) is 0 Å². The highest BCUT2D eigenvalue weighted by atomic mass is 16.5. The predicted octanol–water partition coefficient (Wildman–Crippen LogP) is 1.88. The van der Waals surface area contributed by atoms with Crippen molar-refractivity contribution in [1.82, 2.24) is 10.2 Å². The van der Waals surface area contributed by atoms with Crippen molar-refractivity contribution in [2.24, 2.45) is 11.8 Å².